The van der Waals surface area contributed by atoms with Gasteiger partial charge in [-0.25, -0.2) is 4.98 Å². The highest BCUT2D eigenvalue weighted by molar-refractivity contribution is 6.00. The van der Waals surface area contributed by atoms with Gasteiger partial charge in [0.1, 0.15) is 5.82 Å². The Morgan fingerprint density at radius 2 is 2.00 bits per heavy atom. The van der Waals surface area contributed by atoms with Gasteiger partial charge in [-0.3, -0.25) is 4.79 Å². The van der Waals surface area contributed by atoms with E-state index < -0.39 is 0 Å². The minimum absolute atomic E-state index is 0.182. The molecule has 3 nitrogen and oxygen atoms in total. The number of unbranched alkanes of at least 4 members (excludes halogenated alkanes) is 4. The molecule has 1 aromatic rings. The highest BCUT2D eigenvalue weighted by Gasteiger charge is 2.13. The summed E-state index contributed by atoms with van der Waals surface area (Å²) in [5.74, 6) is 1.31. The molecule has 3 heteroatoms. The Bertz CT molecular complexity index is 402. The summed E-state index contributed by atoms with van der Waals surface area (Å²) in [6, 6.07) is 3.71. The Morgan fingerprint density at radius 3 is 2.70 bits per heavy atom. The van der Waals surface area contributed by atoms with Crippen LogP contribution in [0.15, 0.2) is 18.3 Å². The summed E-state index contributed by atoms with van der Waals surface area (Å²) in [6.45, 7) is 7.24. The fraction of sp³-hybridized carbons (Fsp3) is 0.647. The Morgan fingerprint density at radius 1 is 1.25 bits per heavy atom. The summed E-state index contributed by atoms with van der Waals surface area (Å²) in [5, 5.41) is 3.31. The highest BCUT2D eigenvalue weighted by Crippen LogP contribution is 2.16. The summed E-state index contributed by atoms with van der Waals surface area (Å²) in [7, 11) is 0. The van der Waals surface area contributed by atoms with Crippen molar-refractivity contribution in [1.82, 2.24) is 4.98 Å². The molecule has 1 rings (SSSR count). The van der Waals surface area contributed by atoms with E-state index in [9.17, 15) is 4.79 Å². The topological polar surface area (TPSA) is 42.0 Å². The molecule has 1 heterocycles. The average molecular weight is 276 g/mol. The van der Waals surface area contributed by atoms with Gasteiger partial charge in [-0.1, -0.05) is 46.5 Å². The van der Waals surface area contributed by atoms with Crippen LogP contribution in [0.2, 0.25) is 0 Å². The largest absolute Gasteiger partial charge is 0.369 e. The van der Waals surface area contributed by atoms with E-state index in [1.54, 1.807) is 6.20 Å². The van der Waals surface area contributed by atoms with Crippen LogP contribution in [0.4, 0.5) is 5.82 Å². The first-order chi connectivity index (χ1) is 9.65. The molecule has 0 amide bonds. The molecule has 0 atom stereocenters. The van der Waals surface area contributed by atoms with Crippen molar-refractivity contribution in [3.8, 4) is 0 Å². The van der Waals surface area contributed by atoms with Crippen LogP contribution >= 0.6 is 0 Å². The molecule has 1 aromatic heterocycles. The third kappa shape index (κ3) is 6.18. The lowest BCUT2D eigenvalue weighted by atomic mass is 10.0. The van der Waals surface area contributed by atoms with E-state index in [0.29, 0.717) is 12.3 Å². The molecule has 0 aliphatic rings. The molecule has 112 valence electrons. The predicted octanol–water partition coefficient (Wildman–Crippen LogP) is 4.69. The lowest BCUT2D eigenvalue weighted by Gasteiger charge is -2.11. The van der Waals surface area contributed by atoms with Gasteiger partial charge in [0.15, 0.2) is 5.78 Å². The number of Topliss-reactive ketones (excluding diaryl/α,β-unsaturated/α-hetero) is 1. The van der Waals surface area contributed by atoms with Gasteiger partial charge >= 0.3 is 0 Å². The van der Waals surface area contributed by atoms with Crippen molar-refractivity contribution in [3.05, 3.63) is 23.9 Å². The predicted molar refractivity (Wildman–Crippen MR) is 85.3 cm³/mol. The van der Waals surface area contributed by atoms with Crippen LogP contribution in [-0.4, -0.2) is 17.3 Å². The Balaban J connectivity index is 2.47. The number of pyridine rings is 1. The molecule has 0 saturated carbocycles. The molecule has 0 fully saturated rings. The summed E-state index contributed by atoms with van der Waals surface area (Å²) < 4.78 is 0. The fourth-order valence-corrected chi connectivity index (χ4v) is 2.19. The Labute approximate surface area is 123 Å². The number of rotatable bonds is 10. The van der Waals surface area contributed by atoms with E-state index in [-0.39, 0.29) is 5.78 Å². The molecular weight excluding hydrogens is 248 g/mol. The maximum absolute atomic E-state index is 12.2. The van der Waals surface area contributed by atoms with Crippen molar-refractivity contribution in [2.24, 2.45) is 5.92 Å². The van der Waals surface area contributed by atoms with E-state index in [0.717, 1.165) is 24.3 Å². The fourth-order valence-electron chi connectivity index (χ4n) is 2.19. The molecule has 1 N–H and O–H groups in total. The van der Waals surface area contributed by atoms with Gasteiger partial charge < -0.3 is 5.32 Å². The molecule has 0 saturated heterocycles. The van der Waals surface area contributed by atoms with Crippen LogP contribution in [0.3, 0.4) is 0 Å². The minimum atomic E-state index is 0.182. The number of carbonyl (C=O) groups is 1. The Kier molecular flexibility index (Phi) is 7.93. The van der Waals surface area contributed by atoms with Gasteiger partial charge in [-0.15, -0.1) is 0 Å². The minimum Gasteiger partial charge on any atom is -0.369 e. The van der Waals surface area contributed by atoms with E-state index in [1.165, 1.54) is 25.7 Å². The van der Waals surface area contributed by atoms with Crippen LogP contribution in [0.1, 0.15) is 69.7 Å². The van der Waals surface area contributed by atoms with E-state index in [1.807, 2.05) is 12.1 Å². The summed E-state index contributed by atoms with van der Waals surface area (Å²) in [5.41, 5.74) is 0.731. The first-order valence-electron chi connectivity index (χ1n) is 7.87. The smallest absolute Gasteiger partial charge is 0.166 e. The molecule has 0 bridgehead atoms. The first-order valence-corrected chi connectivity index (χ1v) is 7.87. The molecule has 0 radical (unpaired) electrons. The molecule has 0 aliphatic carbocycles. The second-order valence-electron chi connectivity index (χ2n) is 5.76. The van der Waals surface area contributed by atoms with Crippen LogP contribution in [0.25, 0.3) is 0 Å². The lowest BCUT2D eigenvalue weighted by Crippen LogP contribution is -2.11. The first kappa shape index (κ1) is 16.7. The van der Waals surface area contributed by atoms with Crippen molar-refractivity contribution in [2.75, 3.05) is 11.9 Å². The standard InChI is InChI=1S/C17H28N2O/c1-4-5-6-7-8-11-18-17-15(10-9-12-19-17)16(20)13-14(2)3/h9-10,12,14H,4-8,11,13H2,1-3H3,(H,18,19). The van der Waals surface area contributed by atoms with Gasteiger partial charge in [0.25, 0.3) is 0 Å². The zero-order valence-corrected chi connectivity index (χ0v) is 13.1. The second-order valence-corrected chi connectivity index (χ2v) is 5.76. The van der Waals surface area contributed by atoms with Crippen molar-refractivity contribution in [1.29, 1.82) is 0 Å². The number of carbonyl (C=O) groups excluding carboxylic acids is 1. The highest BCUT2D eigenvalue weighted by atomic mass is 16.1. The monoisotopic (exact) mass is 276 g/mol. The Hall–Kier alpha value is -1.38. The molecular formula is C17H28N2O. The number of nitrogens with zero attached hydrogens (tertiary/aromatic N) is 1. The summed E-state index contributed by atoms with van der Waals surface area (Å²) in [4.78, 5) is 16.5. The third-order valence-corrected chi connectivity index (χ3v) is 3.27. The van der Waals surface area contributed by atoms with Crippen molar-refractivity contribution >= 4 is 11.6 Å². The van der Waals surface area contributed by atoms with Crippen LogP contribution in [0.5, 0.6) is 0 Å². The van der Waals surface area contributed by atoms with E-state index in [2.05, 4.69) is 31.1 Å². The van der Waals surface area contributed by atoms with Crippen LogP contribution < -0.4 is 5.32 Å². The zero-order chi connectivity index (χ0) is 14.8. The van der Waals surface area contributed by atoms with Crippen molar-refractivity contribution < 1.29 is 4.79 Å². The number of hydrogen-bond donors (Lipinski definition) is 1. The average Bonchev–Trinajstić information content (AvgIpc) is 2.42. The maximum atomic E-state index is 12.2. The van der Waals surface area contributed by atoms with Crippen LogP contribution in [0, 0.1) is 5.92 Å². The van der Waals surface area contributed by atoms with Crippen molar-refractivity contribution in [3.63, 3.8) is 0 Å². The van der Waals surface area contributed by atoms with E-state index >= 15 is 0 Å². The third-order valence-electron chi connectivity index (χ3n) is 3.27. The number of nitrogens with one attached hydrogen (secondary N) is 1. The quantitative estimate of drug-likeness (QED) is 0.498. The van der Waals surface area contributed by atoms with Gasteiger partial charge in [-0.05, 0) is 24.5 Å². The normalized spacial score (nSPS) is 10.8. The molecule has 20 heavy (non-hydrogen) atoms. The molecule has 0 aromatic carbocycles. The molecule has 0 unspecified atom stereocenters. The molecule has 0 aliphatic heterocycles. The van der Waals surface area contributed by atoms with Gasteiger partial charge in [0, 0.05) is 19.2 Å². The lowest BCUT2D eigenvalue weighted by molar-refractivity contribution is 0.0968. The maximum Gasteiger partial charge on any atom is 0.166 e. The number of anilines is 1. The zero-order valence-electron chi connectivity index (χ0n) is 13.1. The van der Waals surface area contributed by atoms with Crippen molar-refractivity contribution in [2.45, 2.75) is 59.3 Å². The van der Waals surface area contributed by atoms with Gasteiger partial charge in [-0.2, -0.15) is 0 Å². The number of aromatic nitrogens is 1. The number of ketones is 1. The second kappa shape index (κ2) is 9.51. The molecule has 0 spiro atoms. The summed E-state index contributed by atoms with van der Waals surface area (Å²) in [6.07, 6.45) is 8.56. The number of hydrogen-bond acceptors (Lipinski definition) is 3. The van der Waals surface area contributed by atoms with Crippen LogP contribution in [-0.2, 0) is 0 Å². The van der Waals surface area contributed by atoms with E-state index in [4.69, 9.17) is 0 Å². The van der Waals surface area contributed by atoms with Gasteiger partial charge in [0.2, 0.25) is 0 Å². The SMILES string of the molecule is CCCCCCCNc1ncccc1C(=O)CC(C)C. The van der Waals surface area contributed by atoms with Gasteiger partial charge in [0.05, 0.1) is 5.56 Å². The summed E-state index contributed by atoms with van der Waals surface area (Å²) >= 11 is 0.